The molecule has 0 aliphatic heterocycles. The number of hydrogen-bond donors (Lipinski definition) is 0. The summed E-state index contributed by atoms with van der Waals surface area (Å²) in [6, 6.07) is 2.46. The van der Waals surface area contributed by atoms with Crippen molar-refractivity contribution < 1.29 is 13.6 Å². The van der Waals surface area contributed by atoms with Crippen molar-refractivity contribution in [1.82, 2.24) is 0 Å². The molecule has 90 valence electrons. The molecule has 1 aromatic carbocycles. The first-order valence-electron chi connectivity index (χ1n) is 5.44. The summed E-state index contributed by atoms with van der Waals surface area (Å²) in [6.45, 7) is 0. The van der Waals surface area contributed by atoms with Gasteiger partial charge in [-0.25, -0.2) is 8.78 Å². The fourth-order valence-electron chi connectivity index (χ4n) is 1.93. The van der Waals surface area contributed by atoms with Crippen LogP contribution in [0.5, 0.6) is 0 Å². The van der Waals surface area contributed by atoms with Crippen LogP contribution in [0.3, 0.4) is 0 Å². The number of ketones is 1. The standard InChI is InChI=1S/C13H11BrF2O/c14-10-5-6-11(15)9(13(10)16)7-12(17)8-3-1-2-4-8/h3,5-6H,1-2,4,7H2. The first kappa shape index (κ1) is 12.4. The van der Waals surface area contributed by atoms with Crippen LogP contribution in [0.2, 0.25) is 0 Å². The van der Waals surface area contributed by atoms with E-state index < -0.39 is 11.6 Å². The molecule has 2 rings (SSSR count). The van der Waals surface area contributed by atoms with Gasteiger partial charge in [0.1, 0.15) is 11.6 Å². The van der Waals surface area contributed by atoms with Crippen LogP contribution < -0.4 is 0 Å². The van der Waals surface area contributed by atoms with Crippen molar-refractivity contribution in [2.75, 3.05) is 0 Å². The van der Waals surface area contributed by atoms with E-state index in [-0.39, 0.29) is 22.2 Å². The number of carbonyl (C=O) groups excluding carboxylic acids is 1. The van der Waals surface area contributed by atoms with Gasteiger partial charge < -0.3 is 0 Å². The van der Waals surface area contributed by atoms with Crippen LogP contribution in [0, 0.1) is 11.6 Å². The molecule has 0 saturated heterocycles. The van der Waals surface area contributed by atoms with Crippen molar-refractivity contribution in [3.63, 3.8) is 0 Å². The molecule has 17 heavy (non-hydrogen) atoms. The monoisotopic (exact) mass is 300 g/mol. The molecule has 0 unspecified atom stereocenters. The van der Waals surface area contributed by atoms with E-state index in [0.29, 0.717) is 5.57 Å². The summed E-state index contributed by atoms with van der Waals surface area (Å²) in [4.78, 5) is 11.8. The predicted molar refractivity (Wildman–Crippen MR) is 64.7 cm³/mol. The van der Waals surface area contributed by atoms with Crippen LogP contribution in [-0.2, 0) is 11.2 Å². The zero-order valence-electron chi connectivity index (χ0n) is 9.10. The quantitative estimate of drug-likeness (QED) is 0.773. The third-order valence-electron chi connectivity index (χ3n) is 2.88. The Balaban J connectivity index is 2.24. The molecular weight excluding hydrogens is 290 g/mol. The highest BCUT2D eigenvalue weighted by Gasteiger charge is 2.19. The summed E-state index contributed by atoms with van der Waals surface area (Å²) in [5, 5.41) is 0. The van der Waals surface area contributed by atoms with Gasteiger partial charge in [0.2, 0.25) is 0 Å². The molecule has 0 heterocycles. The summed E-state index contributed by atoms with van der Waals surface area (Å²) in [7, 11) is 0. The van der Waals surface area contributed by atoms with E-state index in [2.05, 4.69) is 15.9 Å². The van der Waals surface area contributed by atoms with Gasteiger partial charge in [-0.15, -0.1) is 0 Å². The number of halogens is 3. The molecule has 0 bridgehead atoms. The van der Waals surface area contributed by atoms with Gasteiger partial charge in [0.25, 0.3) is 0 Å². The Morgan fingerprint density at radius 2 is 2.12 bits per heavy atom. The molecule has 0 radical (unpaired) electrons. The normalized spacial score (nSPS) is 14.9. The Kier molecular flexibility index (Phi) is 3.72. The average Bonchev–Trinajstić information content (AvgIpc) is 2.83. The molecule has 1 aliphatic rings. The summed E-state index contributed by atoms with van der Waals surface area (Å²) in [5.74, 6) is -1.53. The minimum atomic E-state index is -0.683. The van der Waals surface area contributed by atoms with Crippen LogP contribution in [-0.4, -0.2) is 5.78 Å². The second-order valence-corrected chi connectivity index (χ2v) is 4.90. The Morgan fingerprint density at radius 3 is 2.76 bits per heavy atom. The molecule has 0 amide bonds. The summed E-state index contributed by atoms with van der Waals surface area (Å²) in [6.07, 6.45) is 4.20. The van der Waals surface area contributed by atoms with Crippen molar-refractivity contribution in [3.8, 4) is 0 Å². The van der Waals surface area contributed by atoms with Gasteiger partial charge in [-0.05, 0) is 52.9 Å². The van der Waals surface area contributed by atoms with E-state index in [9.17, 15) is 13.6 Å². The van der Waals surface area contributed by atoms with Crippen molar-refractivity contribution >= 4 is 21.7 Å². The minimum absolute atomic E-state index is 0.155. The Morgan fingerprint density at radius 1 is 1.35 bits per heavy atom. The van der Waals surface area contributed by atoms with Crippen molar-refractivity contribution in [2.24, 2.45) is 0 Å². The molecule has 4 heteroatoms. The van der Waals surface area contributed by atoms with Crippen LogP contribution >= 0.6 is 15.9 Å². The van der Waals surface area contributed by atoms with Gasteiger partial charge in [-0.2, -0.15) is 0 Å². The molecule has 0 spiro atoms. The molecule has 1 aromatic rings. The van der Waals surface area contributed by atoms with E-state index in [1.165, 1.54) is 12.1 Å². The maximum absolute atomic E-state index is 13.7. The highest BCUT2D eigenvalue weighted by molar-refractivity contribution is 9.10. The molecule has 1 aliphatic carbocycles. The number of carbonyl (C=O) groups is 1. The molecule has 1 nitrogen and oxygen atoms in total. The van der Waals surface area contributed by atoms with Gasteiger partial charge in [0.05, 0.1) is 4.47 Å². The molecule has 0 fully saturated rings. The summed E-state index contributed by atoms with van der Waals surface area (Å²) in [5.41, 5.74) is 0.543. The Hall–Kier alpha value is -1.03. The number of hydrogen-bond acceptors (Lipinski definition) is 1. The third-order valence-corrected chi connectivity index (χ3v) is 3.49. The lowest BCUT2D eigenvalue weighted by Crippen LogP contribution is -2.08. The lowest BCUT2D eigenvalue weighted by atomic mass is 10.0. The topological polar surface area (TPSA) is 17.1 Å². The molecule has 0 atom stereocenters. The molecular formula is C13H11BrF2O. The number of Topliss-reactive ketones (excluding diaryl/α,β-unsaturated/α-hetero) is 1. The maximum atomic E-state index is 13.7. The molecule has 0 aromatic heterocycles. The molecule has 0 saturated carbocycles. The Labute approximate surface area is 107 Å². The fraction of sp³-hybridized carbons (Fsp3) is 0.308. The average molecular weight is 301 g/mol. The first-order valence-corrected chi connectivity index (χ1v) is 6.23. The van der Waals surface area contributed by atoms with Crippen LogP contribution in [0.4, 0.5) is 8.78 Å². The Bertz CT molecular complexity index is 494. The van der Waals surface area contributed by atoms with E-state index >= 15 is 0 Å². The van der Waals surface area contributed by atoms with Gasteiger partial charge in [0.15, 0.2) is 5.78 Å². The van der Waals surface area contributed by atoms with Crippen LogP contribution in [0.25, 0.3) is 0 Å². The maximum Gasteiger partial charge on any atom is 0.163 e. The number of benzene rings is 1. The summed E-state index contributed by atoms with van der Waals surface area (Å²) >= 11 is 2.99. The van der Waals surface area contributed by atoms with Crippen molar-refractivity contribution in [1.29, 1.82) is 0 Å². The van der Waals surface area contributed by atoms with Crippen molar-refractivity contribution in [3.05, 3.63) is 45.5 Å². The van der Waals surface area contributed by atoms with Gasteiger partial charge in [-0.3, -0.25) is 4.79 Å². The second kappa shape index (κ2) is 5.08. The fourth-order valence-corrected chi connectivity index (χ4v) is 2.30. The largest absolute Gasteiger partial charge is 0.294 e. The van der Waals surface area contributed by atoms with Crippen LogP contribution in [0.1, 0.15) is 24.8 Å². The SMILES string of the molecule is O=C(Cc1c(F)ccc(Br)c1F)C1=CCCC1. The number of allylic oxidation sites excluding steroid dienone is 2. The summed E-state index contributed by atoms with van der Waals surface area (Å²) < 4.78 is 27.3. The lowest BCUT2D eigenvalue weighted by Gasteiger charge is -2.06. The highest BCUT2D eigenvalue weighted by Crippen LogP contribution is 2.25. The van der Waals surface area contributed by atoms with Gasteiger partial charge >= 0.3 is 0 Å². The number of rotatable bonds is 3. The van der Waals surface area contributed by atoms with E-state index in [1.807, 2.05) is 6.08 Å². The van der Waals surface area contributed by atoms with E-state index in [4.69, 9.17) is 0 Å². The third kappa shape index (κ3) is 2.63. The van der Waals surface area contributed by atoms with Gasteiger partial charge in [-0.1, -0.05) is 6.08 Å². The predicted octanol–water partition coefficient (Wildman–Crippen LogP) is 3.95. The minimum Gasteiger partial charge on any atom is -0.294 e. The van der Waals surface area contributed by atoms with E-state index in [0.717, 1.165) is 19.3 Å². The zero-order chi connectivity index (χ0) is 12.4. The highest BCUT2D eigenvalue weighted by atomic mass is 79.9. The van der Waals surface area contributed by atoms with Crippen LogP contribution in [0.15, 0.2) is 28.3 Å². The smallest absolute Gasteiger partial charge is 0.163 e. The zero-order valence-corrected chi connectivity index (χ0v) is 10.7. The second-order valence-electron chi connectivity index (χ2n) is 4.04. The van der Waals surface area contributed by atoms with Gasteiger partial charge in [0, 0.05) is 12.0 Å². The first-order chi connectivity index (χ1) is 8.09. The van der Waals surface area contributed by atoms with E-state index in [1.54, 1.807) is 0 Å². The molecule has 0 N–H and O–H groups in total. The van der Waals surface area contributed by atoms with Crippen molar-refractivity contribution in [2.45, 2.75) is 25.7 Å². The lowest BCUT2D eigenvalue weighted by molar-refractivity contribution is -0.115.